The van der Waals surface area contributed by atoms with Gasteiger partial charge < -0.3 is 10.0 Å². The van der Waals surface area contributed by atoms with Crippen molar-refractivity contribution in [3.63, 3.8) is 0 Å². The van der Waals surface area contributed by atoms with E-state index in [9.17, 15) is 13.2 Å². The standard InChI is InChI=1S/C19H29N3O4S/c1-13-4-7-17(10-18(13)21(2)3)27(25,26)20-15-8-16(9-15)22(12-19(23)24)11-14-5-6-14/h4,7,10,14-16,20H,5-6,8-9,11-12H2,1-3H3,(H,23,24). The van der Waals surface area contributed by atoms with Crippen LogP contribution in [0.2, 0.25) is 0 Å². The second-order valence-electron chi connectivity index (χ2n) is 8.05. The van der Waals surface area contributed by atoms with E-state index in [0.29, 0.717) is 18.8 Å². The van der Waals surface area contributed by atoms with E-state index in [1.165, 1.54) is 12.8 Å². The van der Waals surface area contributed by atoms with E-state index in [0.717, 1.165) is 17.8 Å². The molecule has 0 aromatic heterocycles. The largest absolute Gasteiger partial charge is 0.480 e. The average Bonchev–Trinajstić information content (AvgIpc) is 3.33. The first-order valence-electron chi connectivity index (χ1n) is 9.42. The fourth-order valence-electron chi connectivity index (χ4n) is 3.66. The van der Waals surface area contributed by atoms with Crippen molar-refractivity contribution in [3.8, 4) is 0 Å². The highest BCUT2D eigenvalue weighted by atomic mass is 32.2. The lowest BCUT2D eigenvalue weighted by molar-refractivity contribution is -0.139. The number of sulfonamides is 1. The average molecular weight is 396 g/mol. The van der Waals surface area contributed by atoms with Crippen LogP contribution in [0.1, 0.15) is 31.2 Å². The van der Waals surface area contributed by atoms with Crippen molar-refractivity contribution in [2.45, 2.75) is 49.6 Å². The van der Waals surface area contributed by atoms with E-state index in [2.05, 4.69) is 4.72 Å². The number of nitrogens with zero attached hydrogens (tertiary/aromatic N) is 2. The smallest absolute Gasteiger partial charge is 0.317 e. The second-order valence-corrected chi connectivity index (χ2v) is 9.77. The maximum absolute atomic E-state index is 12.7. The van der Waals surface area contributed by atoms with Crippen LogP contribution < -0.4 is 9.62 Å². The maximum atomic E-state index is 12.7. The Morgan fingerprint density at radius 1 is 1.26 bits per heavy atom. The minimum Gasteiger partial charge on any atom is -0.480 e. The highest BCUT2D eigenvalue weighted by Gasteiger charge is 2.38. The summed E-state index contributed by atoms with van der Waals surface area (Å²) in [6.07, 6.45) is 3.65. The molecule has 2 aliphatic carbocycles. The van der Waals surface area contributed by atoms with Crippen LogP contribution in [0.15, 0.2) is 23.1 Å². The Hall–Kier alpha value is -1.64. The number of carboxylic acids is 1. The van der Waals surface area contributed by atoms with Gasteiger partial charge in [-0.3, -0.25) is 9.69 Å². The first kappa shape index (κ1) is 20.1. The lowest BCUT2D eigenvalue weighted by Crippen LogP contribution is -2.55. The summed E-state index contributed by atoms with van der Waals surface area (Å²) in [5.41, 5.74) is 1.90. The number of nitrogens with one attached hydrogen (secondary N) is 1. The van der Waals surface area contributed by atoms with Gasteiger partial charge in [-0.2, -0.15) is 0 Å². The summed E-state index contributed by atoms with van der Waals surface area (Å²) in [5.74, 6) is -0.215. The molecule has 0 bridgehead atoms. The number of hydrogen-bond donors (Lipinski definition) is 2. The molecule has 1 aromatic carbocycles. The monoisotopic (exact) mass is 395 g/mol. The topological polar surface area (TPSA) is 90.0 Å². The van der Waals surface area contributed by atoms with Gasteiger partial charge in [-0.25, -0.2) is 13.1 Å². The van der Waals surface area contributed by atoms with Gasteiger partial charge in [-0.1, -0.05) is 6.07 Å². The molecule has 150 valence electrons. The van der Waals surface area contributed by atoms with Crippen LogP contribution in [-0.2, 0) is 14.8 Å². The molecule has 2 saturated carbocycles. The third-order valence-corrected chi connectivity index (χ3v) is 6.97. The molecule has 2 fully saturated rings. The number of hydrogen-bond acceptors (Lipinski definition) is 5. The third kappa shape index (κ3) is 5.00. The number of aryl methyl sites for hydroxylation is 1. The van der Waals surface area contributed by atoms with Crippen LogP contribution in [0.5, 0.6) is 0 Å². The summed E-state index contributed by atoms with van der Waals surface area (Å²) >= 11 is 0. The summed E-state index contributed by atoms with van der Waals surface area (Å²) in [5, 5.41) is 9.12. The van der Waals surface area contributed by atoms with E-state index in [1.54, 1.807) is 12.1 Å². The number of carbonyl (C=O) groups is 1. The van der Waals surface area contributed by atoms with Gasteiger partial charge in [-0.15, -0.1) is 0 Å². The summed E-state index contributed by atoms with van der Waals surface area (Å²) in [4.78, 5) is 15.3. The van der Waals surface area contributed by atoms with Gasteiger partial charge >= 0.3 is 5.97 Å². The SMILES string of the molecule is Cc1ccc(S(=O)(=O)NC2CC(N(CC(=O)O)CC3CC3)C2)cc1N(C)C. The fourth-order valence-corrected chi connectivity index (χ4v) is 4.94. The fraction of sp³-hybridized carbons (Fsp3) is 0.632. The predicted molar refractivity (Wildman–Crippen MR) is 105 cm³/mol. The van der Waals surface area contributed by atoms with Crippen LogP contribution in [0.25, 0.3) is 0 Å². The number of carboxylic acid groups (broad SMARTS) is 1. The van der Waals surface area contributed by atoms with Crippen LogP contribution in [0, 0.1) is 12.8 Å². The Bertz CT molecular complexity index is 799. The zero-order valence-corrected chi connectivity index (χ0v) is 17.0. The van der Waals surface area contributed by atoms with Crippen LogP contribution in [0.4, 0.5) is 5.69 Å². The number of anilines is 1. The summed E-state index contributed by atoms with van der Waals surface area (Å²) in [6, 6.07) is 5.14. The molecule has 0 aliphatic heterocycles. The Kier molecular flexibility index (Phi) is 5.79. The Labute approximate surface area is 161 Å². The van der Waals surface area contributed by atoms with E-state index < -0.39 is 16.0 Å². The zero-order valence-electron chi connectivity index (χ0n) is 16.2. The minimum atomic E-state index is -3.59. The Morgan fingerprint density at radius 2 is 1.93 bits per heavy atom. The molecular formula is C19H29N3O4S. The summed E-state index contributed by atoms with van der Waals surface area (Å²) in [6.45, 7) is 2.79. The number of rotatable bonds is 9. The van der Waals surface area contributed by atoms with Gasteiger partial charge in [0.15, 0.2) is 0 Å². The van der Waals surface area contributed by atoms with Crippen molar-refractivity contribution in [1.29, 1.82) is 0 Å². The summed E-state index contributed by atoms with van der Waals surface area (Å²) in [7, 11) is 0.189. The molecule has 3 rings (SSSR count). The van der Waals surface area contributed by atoms with Crippen LogP contribution in [-0.4, -0.2) is 63.7 Å². The first-order chi connectivity index (χ1) is 12.7. The molecule has 27 heavy (non-hydrogen) atoms. The molecule has 0 spiro atoms. The molecule has 2 N–H and O–H groups in total. The highest BCUT2D eigenvalue weighted by Crippen LogP contribution is 2.34. The van der Waals surface area contributed by atoms with Crippen molar-refractivity contribution in [2.75, 3.05) is 32.1 Å². The lowest BCUT2D eigenvalue weighted by Gasteiger charge is -2.42. The molecular weight excluding hydrogens is 366 g/mol. The van der Waals surface area contributed by atoms with Gasteiger partial charge in [0.05, 0.1) is 11.4 Å². The van der Waals surface area contributed by atoms with Crippen molar-refractivity contribution in [2.24, 2.45) is 5.92 Å². The van der Waals surface area contributed by atoms with Gasteiger partial charge in [0, 0.05) is 38.4 Å². The Balaban J connectivity index is 1.61. The van der Waals surface area contributed by atoms with Crippen molar-refractivity contribution in [3.05, 3.63) is 23.8 Å². The lowest BCUT2D eigenvalue weighted by atomic mass is 9.86. The second kappa shape index (κ2) is 7.77. The number of aliphatic carboxylic acids is 1. The van der Waals surface area contributed by atoms with E-state index >= 15 is 0 Å². The molecule has 0 saturated heterocycles. The molecule has 1 aromatic rings. The summed E-state index contributed by atoms with van der Waals surface area (Å²) < 4.78 is 28.2. The van der Waals surface area contributed by atoms with Crippen LogP contribution in [0.3, 0.4) is 0 Å². The molecule has 0 atom stereocenters. The number of benzene rings is 1. The minimum absolute atomic E-state index is 0.0325. The molecule has 0 radical (unpaired) electrons. The van der Waals surface area contributed by atoms with E-state index in [-0.39, 0.29) is 23.5 Å². The third-order valence-electron chi connectivity index (χ3n) is 5.45. The van der Waals surface area contributed by atoms with Gasteiger partial charge in [-0.05, 0) is 56.2 Å². The molecule has 0 unspecified atom stereocenters. The van der Waals surface area contributed by atoms with E-state index in [1.807, 2.05) is 36.9 Å². The highest BCUT2D eigenvalue weighted by molar-refractivity contribution is 7.89. The van der Waals surface area contributed by atoms with Gasteiger partial charge in [0.1, 0.15) is 0 Å². The van der Waals surface area contributed by atoms with Crippen LogP contribution >= 0.6 is 0 Å². The maximum Gasteiger partial charge on any atom is 0.317 e. The van der Waals surface area contributed by atoms with Gasteiger partial charge in [0.2, 0.25) is 10.0 Å². The van der Waals surface area contributed by atoms with Crippen molar-refractivity contribution >= 4 is 21.7 Å². The Morgan fingerprint density at radius 3 is 2.48 bits per heavy atom. The quantitative estimate of drug-likeness (QED) is 0.661. The molecule has 8 heteroatoms. The first-order valence-corrected chi connectivity index (χ1v) is 10.9. The molecule has 7 nitrogen and oxygen atoms in total. The zero-order chi connectivity index (χ0) is 19.8. The molecule has 0 heterocycles. The predicted octanol–water partition coefficient (Wildman–Crippen LogP) is 1.67. The normalized spacial score (nSPS) is 22.5. The van der Waals surface area contributed by atoms with E-state index in [4.69, 9.17) is 5.11 Å². The van der Waals surface area contributed by atoms with Crippen molar-refractivity contribution < 1.29 is 18.3 Å². The van der Waals surface area contributed by atoms with Crippen molar-refractivity contribution in [1.82, 2.24) is 9.62 Å². The molecule has 0 amide bonds. The van der Waals surface area contributed by atoms with Gasteiger partial charge in [0.25, 0.3) is 0 Å². The molecule has 2 aliphatic rings.